The van der Waals surface area contributed by atoms with E-state index in [1.807, 2.05) is 0 Å². The van der Waals surface area contributed by atoms with Crippen LogP contribution in [0.4, 0.5) is 17.3 Å². The molecule has 1 aromatic heterocycles. The molecule has 0 bridgehead atoms. The van der Waals surface area contributed by atoms with Gasteiger partial charge in [-0.05, 0) is 27.6 Å². The molecule has 9 nitrogen and oxygen atoms in total. The lowest BCUT2D eigenvalue weighted by Crippen LogP contribution is -2.10. The van der Waals surface area contributed by atoms with Gasteiger partial charge >= 0.3 is 5.82 Å². The van der Waals surface area contributed by atoms with Gasteiger partial charge in [-0.25, -0.2) is 8.42 Å². The molecule has 0 radical (unpaired) electrons. The van der Waals surface area contributed by atoms with Gasteiger partial charge in [0.15, 0.2) is 0 Å². The average molecular weight is 325 g/mol. The first-order valence-electron chi connectivity index (χ1n) is 6.22. The van der Waals surface area contributed by atoms with Gasteiger partial charge in [0.25, 0.3) is 0 Å². The van der Waals surface area contributed by atoms with Crippen LogP contribution in [0.25, 0.3) is 0 Å². The van der Waals surface area contributed by atoms with Crippen LogP contribution < -0.4 is 10.0 Å². The smallest absolute Gasteiger partial charge is 0.360 e. The van der Waals surface area contributed by atoms with E-state index < -0.39 is 14.9 Å². The number of sulfonamides is 1. The third-order valence-corrected chi connectivity index (χ3v) is 3.39. The Kier molecular flexibility index (Phi) is 4.31. The summed E-state index contributed by atoms with van der Waals surface area (Å²) < 4.78 is 26.3. The van der Waals surface area contributed by atoms with Crippen molar-refractivity contribution in [2.75, 3.05) is 16.3 Å². The zero-order valence-electron chi connectivity index (χ0n) is 12.0. The summed E-state index contributed by atoms with van der Waals surface area (Å²) in [5, 5.41) is 13.8. The van der Waals surface area contributed by atoms with Gasteiger partial charge in [-0.1, -0.05) is 12.1 Å². The van der Waals surface area contributed by atoms with Crippen molar-refractivity contribution in [3.63, 3.8) is 0 Å². The van der Waals surface area contributed by atoms with E-state index in [2.05, 4.69) is 15.0 Å². The van der Waals surface area contributed by atoms with Gasteiger partial charge in [-0.3, -0.25) is 9.29 Å². The minimum Gasteiger partial charge on any atom is -0.360 e. The van der Waals surface area contributed by atoms with Crippen LogP contribution in [0.3, 0.4) is 0 Å². The first kappa shape index (κ1) is 15.8. The number of nitro groups is 1. The van der Waals surface area contributed by atoms with Crippen LogP contribution in [-0.2, 0) is 23.6 Å². The van der Waals surface area contributed by atoms with Crippen LogP contribution in [0.2, 0.25) is 0 Å². The predicted molar refractivity (Wildman–Crippen MR) is 82.1 cm³/mol. The van der Waals surface area contributed by atoms with Crippen molar-refractivity contribution >= 4 is 27.3 Å². The van der Waals surface area contributed by atoms with Crippen molar-refractivity contribution < 1.29 is 13.3 Å². The van der Waals surface area contributed by atoms with Crippen molar-refractivity contribution in [3.8, 4) is 0 Å². The summed E-state index contributed by atoms with van der Waals surface area (Å²) in [7, 11) is -1.71. The number of aromatic nitrogens is 2. The standard InChI is InChI=1S/C12H15N5O4S/c1-16-8-14-12(17(18)19)11(16)13-7-9-4-3-5-10(6-9)15-22(2,20)21/h3-6,8,13,15H,7H2,1-2H3. The normalized spacial score (nSPS) is 11.2. The second-order valence-corrected chi connectivity index (χ2v) is 6.46. The molecule has 22 heavy (non-hydrogen) atoms. The molecule has 2 aromatic rings. The van der Waals surface area contributed by atoms with Crippen LogP contribution in [0.15, 0.2) is 30.6 Å². The fraction of sp³-hybridized carbons (Fsp3) is 0.250. The molecule has 2 rings (SSSR count). The number of imidazole rings is 1. The lowest BCUT2D eigenvalue weighted by atomic mass is 10.2. The van der Waals surface area contributed by atoms with Crippen molar-refractivity contribution in [1.29, 1.82) is 0 Å². The lowest BCUT2D eigenvalue weighted by Gasteiger charge is -2.09. The first-order valence-corrected chi connectivity index (χ1v) is 8.12. The fourth-order valence-electron chi connectivity index (χ4n) is 1.90. The number of benzene rings is 1. The van der Waals surface area contributed by atoms with E-state index in [1.165, 1.54) is 10.9 Å². The average Bonchev–Trinajstić information content (AvgIpc) is 2.76. The van der Waals surface area contributed by atoms with Crippen LogP contribution in [0, 0.1) is 10.1 Å². The highest BCUT2D eigenvalue weighted by Gasteiger charge is 2.19. The van der Waals surface area contributed by atoms with E-state index in [9.17, 15) is 18.5 Å². The Hall–Kier alpha value is -2.62. The zero-order valence-corrected chi connectivity index (χ0v) is 12.8. The Balaban J connectivity index is 2.14. The maximum atomic E-state index is 11.2. The Morgan fingerprint density at radius 3 is 2.77 bits per heavy atom. The number of rotatable bonds is 6. The molecule has 1 aromatic carbocycles. The molecule has 0 saturated heterocycles. The van der Waals surface area contributed by atoms with Crippen LogP contribution >= 0.6 is 0 Å². The third-order valence-electron chi connectivity index (χ3n) is 2.78. The summed E-state index contributed by atoms with van der Waals surface area (Å²) in [6.45, 7) is 0.291. The summed E-state index contributed by atoms with van der Waals surface area (Å²) in [6, 6.07) is 6.75. The molecule has 10 heteroatoms. The molecule has 1 heterocycles. The van der Waals surface area contributed by atoms with Crippen molar-refractivity contribution in [2.24, 2.45) is 7.05 Å². The van der Waals surface area contributed by atoms with Crippen LogP contribution in [0.1, 0.15) is 5.56 Å². The largest absolute Gasteiger partial charge is 0.406 e. The Labute approximate surface area is 127 Å². The SMILES string of the molecule is Cn1cnc([N+](=O)[O-])c1NCc1cccc(NS(C)(=O)=O)c1. The second kappa shape index (κ2) is 6.02. The molecule has 0 spiro atoms. The Morgan fingerprint density at radius 1 is 1.41 bits per heavy atom. The lowest BCUT2D eigenvalue weighted by molar-refractivity contribution is -0.388. The zero-order chi connectivity index (χ0) is 16.3. The van der Waals surface area contributed by atoms with Gasteiger partial charge in [-0.15, -0.1) is 0 Å². The van der Waals surface area contributed by atoms with Gasteiger partial charge in [-0.2, -0.15) is 0 Å². The monoisotopic (exact) mass is 325 g/mol. The van der Waals surface area contributed by atoms with Gasteiger partial charge in [0.2, 0.25) is 22.2 Å². The quantitative estimate of drug-likeness (QED) is 0.610. The second-order valence-electron chi connectivity index (χ2n) is 4.71. The summed E-state index contributed by atoms with van der Waals surface area (Å²) in [4.78, 5) is 14.0. The van der Waals surface area contributed by atoms with Crippen LogP contribution in [-0.4, -0.2) is 29.1 Å². The molecule has 118 valence electrons. The van der Waals surface area contributed by atoms with E-state index in [-0.39, 0.29) is 11.6 Å². The van der Waals surface area contributed by atoms with Crippen molar-refractivity contribution in [2.45, 2.75) is 6.54 Å². The maximum absolute atomic E-state index is 11.2. The summed E-state index contributed by atoms with van der Waals surface area (Å²) in [5.41, 5.74) is 1.20. The summed E-state index contributed by atoms with van der Waals surface area (Å²) >= 11 is 0. The Morgan fingerprint density at radius 2 is 2.14 bits per heavy atom. The molecule has 0 aliphatic heterocycles. The molecule has 0 amide bonds. The summed E-state index contributed by atoms with van der Waals surface area (Å²) in [6.07, 6.45) is 2.42. The van der Waals surface area contributed by atoms with Crippen molar-refractivity contribution in [1.82, 2.24) is 9.55 Å². The van der Waals surface area contributed by atoms with Gasteiger partial charge < -0.3 is 15.4 Å². The van der Waals surface area contributed by atoms with Gasteiger partial charge in [0.1, 0.15) is 0 Å². The number of aryl methyl sites for hydroxylation is 1. The number of anilines is 2. The van der Waals surface area contributed by atoms with E-state index in [0.29, 0.717) is 12.2 Å². The van der Waals surface area contributed by atoms with E-state index in [1.54, 1.807) is 31.3 Å². The highest BCUT2D eigenvalue weighted by Crippen LogP contribution is 2.22. The van der Waals surface area contributed by atoms with Crippen LogP contribution in [0.5, 0.6) is 0 Å². The molecule has 2 N–H and O–H groups in total. The summed E-state index contributed by atoms with van der Waals surface area (Å²) in [5.74, 6) is 0.0272. The fourth-order valence-corrected chi connectivity index (χ4v) is 2.46. The number of nitrogens with one attached hydrogen (secondary N) is 2. The highest BCUT2D eigenvalue weighted by atomic mass is 32.2. The molecule has 0 aliphatic rings. The first-order chi connectivity index (χ1) is 10.3. The molecule has 0 fully saturated rings. The maximum Gasteiger partial charge on any atom is 0.406 e. The number of hydrogen-bond acceptors (Lipinski definition) is 6. The molecule has 0 atom stereocenters. The minimum atomic E-state index is -3.35. The molecular formula is C12H15N5O4S. The minimum absolute atomic E-state index is 0.257. The number of hydrogen-bond donors (Lipinski definition) is 2. The van der Waals surface area contributed by atoms with E-state index in [0.717, 1.165) is 11.8 Å². The highest BCUT2D eigenvalue weighted by molar-refractivity contribution is 7.92. The van der Waals surface area contributed by atoms with E-state index in [4.69, 9.17) is 0 Å². The van der Waals surface area contributed by atoms with Gasteiger partial charge in [0, 0.05) is 19.3 Å². The molecular weight excluding hydrogens is 310 g/mol. The molecule has 0 unspecified atom stereocenters. The molecule has 0 saturated carbocycles. The number of nitrogens with zero attached hydrogens (tertiary/aromatic N) is 3. The van der Waals surface area contributed by atoms with Crippen molar-refractivity contribution in [3.05, 3.63) is 46.3 Å². The third kappa shape index (κ3) is 3.95. The predicted octanol–water partition coefficient (Wildman–Crippen LogP) is 1.31. The van der Waals surface area contributed by atoms with Gasteiger partial charge in [0.05, 0.1) is 6.26 Å². The Bertz CT molecular complexity index is 800. The molecule has 0 aliphatic carbocycles. The van der Waals surface area contributed by atoms with E-state index >= 15 is 0 Å². The topological polar surface area (TPSA) is 119 Å².